The van der Waals surface area contributed by atoms with Gasteiger partial charge in [0.15, 0.2) is 0 Å². The van der Waals surface area contributed by atoms with E-state index in [2.05, 4.69) is 10.2 Å². The van der Waals surface area contributed by atoms with E-state index in [1.54, 1.807) is 12.1 Å². The minimum atomic E-state index is -0.588. The molecule has 0 aliphatic carbocycles. The third-order valence-corrected chi connectivity index (χ3v) is 3.18. The van der Waals surface area contributed by atoms with Gasteiger partial charge in [0.25, 0.3) is 0 Å². The van der Waals surface area contributed by atoms with Gasteiger partial charge in [-0.05, 0) is 24.3 Å². The quantitative estimate of drug-likeness (QED) is 0.739. The molecule has 0 radical (unpaired) electrons. The van der Waals surface area contributed by atoms with Gasteiger partial charge in [-0.15, -0.1) is 0 Å². The summed E-state index contributed by atoms with van der Waals surface area (Å²) in [5, 5.41) is 2.33. The highest BCUT2D eigenvalue weighted by Crippen LogP contribution is 2.16. The number of amides is 2. The number of benzene rings is 1. The van der Waals surface area contributed by atoms with Crippen molar-refractivity contribution in [2.75, 3.05) is 38.1 Å². The first kappa shape index (κ1) is 13.3. The van der Waals surface area contributed by atoms with Gasteiger partial charge in [-0.1, -0.05) is 0 Å². The molecule has 2 rings (SSSR count). The number of nitrogens with one attached hydrogen (secondary N) is 1. The number of rotatable bonds is 1. The fraction of sp³-hybridized carbons (Fsp3) is 0.385. The summed E-state index contributed by atoms with van der Waals surface area (Å²) in [6, 6.07) is 6.26. The van der Waals surface area contributed by atoms with Crippen LogP contribution < -0.4 is 10.2 Å². The molecule has 5 nitrogen and oxygen atoms in total. The Morgan fingerprint density at radius 3 is 2.21 bits per heavy atom. The number of carbonyl (C=O) groups is 2. The number of likely N-dealkylation sites (N-methyl/N-ethyl adjacent to an activating group) is 1. The van der Waals surface area contributed by atoms with Crippen LogP contribution in [0.5, 0.6) is 0 Å². The molecule has 0 atom stereocenters. The molecule has 1 aromatic carbocycles. The van der Waals surface area contributed by atoms with Crippen molar-refractivity contribution in [3.05, 3.63) is 30.1 Å². The third-order valence-electron chi connectivity index (χ3n) is 3.18. The highest BCUT2D eigenvalue weighted by molar-refractivity contribution is 6.34. The summed E-state index contributed by atoms with van der Waals surface area (Å²) in [5.41, 5.74) is 0.924. The van der Waals surface area contributed by atoms with Crippen LogP contribution in [0.2, 0.25) is 0 Å². The highest BCUT2D eigenvalue weighted by atomic mass is 19.1. The Labute approximate surface area is 111 Å². The molecule has 0 aromatic heterocycles. The predicted octanol–water partition coefficient (Wildman–Crippen LogP) is 0.220. The van der Waals surface area contributed by atoms with Gasteiger partial charge in [0.1, 0.15) is 5.82 Å². The second-order valence-electron chi connectivity index (χ2n) is 4.33. The number of piperazine rings is 1. The molecule has 0 bridgehead atoms. The molecule has 1 heterocycles. The number of hydrogen-bond acceptors (Lipinski definition) is 3. The fourth-order valence-corrected chi connectivity index (χ4v) is 2.07. The van der Waals surface area contributed by atoms with E-state index < -0.39 is 11.8 Å². The lowest BCUT2D eigenvalue weighted by atomic mass is 10.2. The molecule has 6 heteroatoms. The van der Waals surface area contributed by atoms with E-state index in [-0.39, 0.29) is 5.82 Å². The summed E-state index contributed by atoms with van der Waals surface area (Å²) in [6.07, 6.45) is 0. The van der Waals surface area contributed by atoms with E-state index in [9.17, 15) is 14.0 Å². The summed E-state index contributed by atoms with van der Waals surface area (Å²) in [4.78, 5) is 26.5. The maximum Gasteiger partial charge on any atom is 0.311 e. The van der Waals surface area contributed by atoms with Crippen molar-refractivity contribution in [1.82, 2.24) is 10.2 Å². The van der Waals surface area contributed by atoms with Crippen LogP contribution in [0.15, 0.2) is 24.3 Å². The average Bonchev–Trinajstić information content (AvgIpc) is 2.46. The summed E-state index contributed by atoms with van der Waals surface area (Å²) < 4.78 is 12.8. The molecule has 102 valence electrons. The molecule has 2 amide bonds. The van der Waals surface area contributed by atoms with E-state index in [0.29, 0.717) is 26.2 Å². The number of hydrogen-bond donors (Lipinski definition) is 1. The summed E-state index contributed by atoms with van der Waals surface area (Å²) in [6.45, 7) is 2.25. The van der Waals surface area contributed by atoms with Crippen LogP contribution >= 0.6 is 0 Å². The lowest BCUT2D eigenvalue weighted by Crippen LogP contribution is -2.52. The number of halogens is 1. The first-order chi connectivity index (χ1) is 9.11. The zero-order valence-corrected chi connectivity index (χ0v) is 10.7. The monoisotopic (exact) mass is 265 g/mol. The molecular weight excluding hydrogens is 249 g/mol. The molecule has 1 aliphatic rings. The number of anilines is 1. The summed E-state index contributed by atoms with van der Waals surface area (Å²) >= 11 is 0. The van der Waals surface area contributed by atoms with Crippen LogP contribution in [0.25, 0.3) is 0 Å². The first-order valence-corrected chi connectivity index (χ1v) is 6.13. The Hall–Kier alpha value is -2.11. The van der Waals surface area contributed by atoms with E-state index in [4.69, 9.17) is 0 Å². The molecule has 1 fully saturated rings. The summed E-state index contributed by atoms with van der Waals surface area (Å²) in [5.74, 6) is -1.35. The topological polar surface area (TPSA) is 52.7 Å². The summed E-state index contributed by atoms with van der Waals surface area (Å²) in [7, 11) is 1.44. The molecular formula is C13H16FN3O2. The van der Waals surface area contributed by atoms with Crippen molar-refractivity contribution in [3.63, 3.8) is 0 Å². The van der Waals surface area contributed by atoms with Crippen molar-refractivity contribution < 1.29 is 14.0 Å². The molecule has 1 aliphatic heterocycles. The van der Waals surface area contributed by atoms with Crippen LogP contribution in [-0.2, 0) is 9.59 Å². The zero-order chi connectivity index (χ0) is 13.8. The van der Waals surface area contributed by atoms with Crippen molar-refractivity contribution in [2.24, 2.45) is 0 Å². The normalized spacial score (nSPS) is 15.3. The SMILES string of the molecule is CNC(=O)C(=O)N1CCN(c2ccc(F)cc2)CC1. The third kappa shape index (κ3) is 3.01. The number of nitrogens with zero attached hydrogens (tertiary/aromatic N) is 2. The average molecular weight is 265 g/mol. The minimum Gasteiger partial charge on any atom is -0.368 e. The Balaban J connectivity index is 1.94. The van der Waals surface area contributed by atoms with Crippen molar-refractivity contribution in [1.29, 1.82) is 0 Å². The lowest BCUT2D eigenvalue weighted by molar-refractivity contribution is -0.145. The molecule has 1 N–H and O–H groups in total. The minimum absolute atomic E-state index is 0.266. The Morgan fingerprint density at radius 1 is 1.11 bits per heavy atom. The Bertz CT molecular complexity index is 467. The standard InChI is InChI=1S/C13H16FN3O2/c1-15-12(18)13(19)17-8-6-16(7-9-17)11-4-2-10(14)3-5-11/h2-5H,6-9H2,1H3,(H,15,18). The van der Waals surface area contributed by atoms with Gasteiger partial charge in [0.2, 0.25) is 0 Å². The van der Waals surface area contributed by atoms with Crippen LogP contribution in [0.3, 0.4) is 0 Å². The molecule has 0 spiro atoms. The zero-order valence-electron chi connectivity index (χ0n) is 10.7. The van der Waals surface area contributed by atoms with Gasteiger partial charge in [0, 0.05) is 38.9 Å². The van der Waals surface area contributed by atoms with Crippen molar-refractivity contribution in [2.45, 2.75) is 0 Å². The lowest BCUT2D eigenvalue weighted by Gasteiger charge is -2.35. The Kier molecular flexibility index (Phi) is 3.99. The Morgan fingerprint density at radius 2 is 1.68 bits per heavy atom. The van der Waals surface area contributed by atoms with E-state index >= 15 is 0 Å². The van der Waals surface area contributed by atoms with E-state index in [1.165, 1.54) is 24.1 Å². The maximum absolute atomic E-state index is 12.8. The van der Waals surface area contributed by atoms with Crippen LogP contribution in [0, 0.1) is 5.82 Å². The largest absolute Gasteiger partial charge is 0.368 e. The molecule has 1 saturated heterocycles. The first-order valence-electron chi connectivity index (χ1n) is 6.13. The molecule has 0 saturated carbocycles. The van der Waals surface area contributed by atoms with E-state index in [1.807, 2.05) is 0 Å². The van der Waals surface area contributed by atoms with Crippen LogP contribution in [0.1, 0.15) is 0 Å². The maximum atomic E-state index is 12.8. The predicted molar refractivity (Wildman–Crippen MR) is 69.3 cm³/mol. The fourth-order valence-electron chi connectivity index (χ4n) is 2.07. The second kappa shape index (κ2) is 5.69. The van der Waals surface area contributed by atoms with Gasteiger partial charge in [-0.3, -0.25) is 9.59 Å². The molecule has 19 heavy (non-hydrogen) atoms. The van der Waals surface area contributed by atoms with Gasteiger partial charge >= 0.3 is 11.8 Å². The van der Waals surface area contributed by atoms with Crippen molar-refractivity contribution >= 4 is 17.5 Å². The molecule has 1 aromatic rings. The van der Waals surface area contributed by atoms with Gasteiger partial charge < -0.3 is 15.1 Å². The number of carbonyl (C=O) groups excluding carboxylic acids is 2. The van der Waals surface area contributed by atoms with Crippen LogP contribution in [-0.4, -0.2) is 49.9 Å². The van der Waals surface area contributed by atoms with Crippen LogP contribution in [0.4, 0.5) is 10.1 Å². The molecule has 0 unspecified atom stereocenters. The highest BCUT2D eigenvalue weighted by Gasteiger charge is 2.25. The smallest absolute Gasteiger partial charge is 0.311 e. The van der Waals surface area contributed by atoms with E-state index in [0.717, 1.165) is 5.69 Å². The van der Waals surface area contributed by atoms with Gasteiger partial charge in [-0.2, -0.15) is 0 Å². The second-order valence-corrected chi connectivity index (χ2v) is 4.33. The van der Waals surface area contributed by atoms with Gasteiger partial charge in [-0.25, -0.2) is 4.39 Å². The van der Waals surface area contributed by atoms with Gasteiger partial charge in [0.05, 0.1) is 0 Å². The van der Waals surface area contributed by atoms with Crippen molar-refractivity contribution in [3.8, 4) is 0 Å².